The van der Waals surface area contributed by atoms with Crippen molar-refractivity contribution >= 4 is 29.2 Å². The number of likely N-dealkylation sites (tertiary alicyclic amines) is 1. The first-order valence-corrected chi connectivity index (χ1v) is 7.75. The Kier molecular flexibility index (Phi) is 4.14. The van der Waals surface area contributed by atoms with Crippen LogP contribution in [-0.2, 0) is 16.1 Å². The molecule has 4 nitrogen and oxygen atoms in total. The molecule has 0 aliphatic carbocycles. The molecule has 0 spiro atoms. The molecule has 114 valence electrons. The normalized spacial score (nSPS) is 29.3. The second-order valence-corrected chi connectivity index (χ2v) is 6.68. The van der Waals surface area contributed by atoms with Crippen molar-refractivity contribution in [3.05, 3.63) is 33.8 Å². The minimum atomic E-state index is -0.786. The van der Waals surface area contributed by atoms with E-state index < -0.39 is 11.4 Å². The summed E-state index contributed by atoms with van der Waals surface area (Å²) in [4.78, 5) is 13.9. The van der Waals surface area contributed by atoms with Gasteiger partial charge >= 0.3 is 5.97 Å². The molecule has 2 atom stereocenters. The third-order valence-electron chi connectivity index (χ3n) is 4.61. The summed E-state index contributed by atoms with van der Waals surface area (Å²) in [7, 11) is 0. The average molecular weight is 330 g/mol. The summed E-state index contributed by atoms with van der Waals surface area (Å²) < 4.78 is 5.43. The summed E-state index contributed by atoms with van der Waals surface area (Å²) in [6, 6.07) is 5.43. The molecule has 1 aromatic rings. The molecule has 2 aliphatic heterocycles. The predicted octanol–water partition coefficient (Wildman–Crippen LogP) is 2.92. The van der Waals surface area contributed by atoms with E-state index in [-0.39, 0.29) is 5.92 Å². The summed E-state index contributed by atoms with van der Waals surface area (Å²) in [6.45, 7) is 2.73. The van der Waals surface area contributed by atoms with Gasteiger partial charge in [-0.1, -0.05) is 29.3 Å². The number of hydrogen-bond acceptors (Lipinski definition) is 3. The van der Waals surface area contributed by atoms with Gasteiger partial charge in [0.1, 0.15) is 5.41 Å². The highest BCUT2D eigenvalue weighted by Crippen LogP contribution is 2.42. The molecule has 0 saturated carbocycles. The van der Waals surface area contributed by atoms with Crippen LogP contribution < -0.4 is 0 Å². The molecule has 21 heavy (non-hydrogen) atoms. The fraction of sp³-hybridized carbons (Fsp3) is 0.533. The highest BCUT2D eigenvalue weighted by molar-refractivity contribution is 6.35. The van der Waals surface area contributed by atoms with Crippen molar-refractivity contribution in [3.63, 3.8) is 0 Å². The zero-order chi connectivity index (χ0) is 15.0. The van der Waals surface area contributed by atoms with Crippen LogP contribution >= 0.6 is 23.2 Å². The molecule has 2 aliphatic rings. The molecule has 0 bridgehead atoms. The predicted molar refractivity (Wildman–Crippen MR) is 80.7 cm³/mol. The Hall–Kier alpha value is -0.810. The minimum Gasteiger partial charge on any atom is -0.481 e. The van der Waals surface area contributed by atoms with Crippen LogP contribution in [0.1, 0.15) is 12.0 Å². The SMILES string of the molecule is O=C(O)[C@]12COCC[C@H]1CN(Cc1c(Cl)cccc1Cl)C2. The van der Waals surface area contributed by atoms with Gasteiger partial charge in [-0.3, -0.25) is 9.69 Å². The third kappa shape index (κ3) is 2.66. The van der Waals surface area contributed by atoms with Gasteiger partial charge in [0, 0.05) is 41.8 Å². The number of hydrogen-bond donors (Lipinski definition) is 1. The van der Waals surface area contributed by atoms with Crippen LogP contribution in [0.3, 0.4) is 0 Å². The molecular weight excluding hydrogens is 313 g/mol. The zero-order valence-electron chi connectivity index (χ0n) is 11.5. The lowest BCUT2D eigenvalue weighted by Gasteiger charge is -2.34. The van der Waals surface area contributed by atoms with Gasteiger partial charge in [-0.2, -0.15) is 0 Å². The van der Waals surface area contributed by atoms with Crippen LogP contribution in [0.4, 0.5) is 0 Å². The summed E-state index contributed by atoms with van der Waals surface area (Å²) >= 11 is 12.4. The highest BCUT2D eigenvalue weighted by atomic mass is 35.5. The average Bonchev–Trinajstić information content (AvgIpc) is 2.82. The number of carbonyl (C=O) groups is 1. The van der Waals surface area contributed by atoms with Crippen molar-refractivity contribution in [1.82, 2.24) is 4.90 Å². The molecule has 2 fully saturated rings. The van der Waals surface area contributed by atoms with E-state index in [1.807, 2.05) is 18.2 Å². The summed E-state index contributed by atoms with van der Waals surface area (Å²) in [5, 5.41) is 10.9. The van der Waals surface area contributed by atoms with Crippen LogP contribution in [0.25, 0.3) is 0 Å². The molecule has 0 amide bonds. The van der Waals surface area contributed by atoms with Gasteiger partial charge < -0.3 is 9.84 Å². The quantitative estimate of drug-likeness (QED) is 0.926. The van der Waals surface area contributed by atoms with E-state index in [2.05, 4.69) is 4.90 Å². The molecule has 0 aromatic heterocycles. The van der Waals surface area contributed by atoms with Gasteiger partial charge in [0.25, 0.3) is 0 Å². The fourth-order valence-electron chi connectivity index (χ4n) is 3.42. The van der Waals surface area contributed by atoms with Gasteiger partial charge in [-0.25, -0.2) is 0 Å². The summed E-state index contributed by atoms with van der Waals surface area (Å²) in [5.41, 5.74) is 0.0762. The maximum absolute atomic E-state index is 11.7. The number of ether oxygens (including phenoxy) is 1. The maximum Gasteiger partial charge on any atom is 0.313 e. The molecule has 0 unspecified atom stereocenters. The van der Waals surface area contributed by atoms with E-state index in [4.69, 9.17) is 27.9 Å². The standard InChI is InChI=1S/C15H17Cl2NO3/c16-12-2-1-3-13(17)11(12)7-18-6-10-4-5-21-9-15(10,8-18)14(19)20/h1-3,10H,4-9H2,(H,19,20)/t10-,15+/m0/s1. The zero-order valence-corrected chi connectivity index (χ0v) is 13.0. The second kappa shape index (κ2) is 5.76. The largest absolute Gasteiger partial charge is 0.481 e. The van der Waals surface area contributed by atoms with Crippen molar-refractivity contribution in [1.29, 1.82) is 0 Å². The molecule has 1 N–H and O–H groups in total. The lowest BCUT2D eigenvalue weighted by molar-refractivity contribution is -0.159. The number of carboxylic acid groups (broad SMARTS) is 1. The minimum absolute atomic E-state index is 0.130. The highest BCUT2D eigenvalue weighted by Gasteiger charge is 2.54. The first-order valence-electron chi connectivity index (χ1n) is 6.99. The van der Waals surface area contributed by atoms with Crippen molar-refractivity contribution in [3.8, 4) is 0 Å². The van der Waals surface area contributed by atoms with Crippen LogP contribution in [0.2, 0.25) is 10.0 Å². The van der Waals surface area contributed by atoms with E-state index in [9.17, 15) is 9.90 Å². The van der Waals surface area contributed by atoms with E-state index in [1.54, 1.807) is 0 Å². The molecular formula is C15H17Cl2NO3. The lowest BCUT2D eigenvalue weighted by atomic mass is 9.76. The molecule has 6 heteroatoms. The monoisotopic (exact) mass is 329 g/mol. The van der Waals surface area contributed by atoms with Crippen molar-refractivity contribution in [2.45, 2.75) is 13.0 Å². The number of benzene rings is 1. The van der Waals surface area contributed by atoms with Gasteiger partial charge in [-0.15, -0.1) is 0 Å². The molecule has 3 rings (SSSR count). The van der Waals surface area contributed by atoms with Crippen LogP contribution in [-0.4, -0.2) is 42.3 Å². The smallest absolute Gasteiger partial charge is 0.313 e. The maximum atomic E-state index is 11.7. The van der Waals surface area contributed by atoms with Crippen LogP contribution in [0.5, 0.6) is 0 Å². The van der Waals surface area contributed by atoms with Crippen LogP contribution in [0, 0.1) is 11.3 Å². The van der Waals surface area contributed by atoms with E-state index in [0.717, 1.165) is 18.5 Å². The van der Waals surface area contributed by atoms with Crippen molar-refractivity contribution in [2.24, 2.45) is 11.3 Å². The first kappa shape index (κ1) is 15.1. The molecule has 2 saturated heterocycles. The Balaban J connectivity index is 1.81. The molecule has 1 aromatic carbocycles. The summed E-state index contributed by atoms with van der Waals surface area (Å²) in [5.74, 6) is -0.634. The number of carboxylic acids is 1. The van der Waals surface area contributed by atoms with Crippen molar-refractivity contribution < 1.29 is 14.6 Å². The third-order valence-corrected chi connectivity index (χ3v) is 5.31. The van der Waals surface area contributed by atoms with Crippen LogP contribution in [0.15, 0.2) is 18.2 Å². The fourth-order valence-corrected chi connectivity index (χ4v) is 3.94. The number of halogens is 2. The van der Waals surface area contributed by atoms with Crippen molar-refractivity contribution in [2.75, 3.05) is 26.3 Å². The van der Waals surface area contributed by atoms with E-state index in [0.29, 0.717) is 36.3 Å². The van der Waals surface area contributed by atoms with Gasteiger partial charge in [0.05, 0.1) is 6.61 Å². The number of fused-ring (bicyclic) bond motifs is 1. The molecule has 2 heterocycles. The Morgan fingerprint density at radius 3 is 2.76 bits per heavy atom. The van der Waals surface area contributed by atoms with Gasteiger partial charge in [0.15, 0.2) is 0 Å². The van der Waals surface area contributed by atoms with Gasteiger partial charge in [-0.05, 0) is 24.5 Å². The Morgan fingerprint density at radius 2 is 2.14 bits per heavy atom. The number of nitrogens with zero attached hydrogens (tertiary/aromatic N) is 1. The van der Waals surface area contributed by atoms with E-state index >= 15 is 0 Å². The Bertz CT molecular complexity index is 546. The second-order valence-electron chi connectivity index (χ2n) is 5.87. The first-order chi connectivity index (χ1) is 10.0. The number of aliphatic carboxylic acids is 1. The van der Waals surface area contributed by atoms with Gasteiger partial charge in [0.2, 0.25) is 0 Å². The Labute approximate surface area is 133 Å². The summed E-state index contributed by atoms with van der Waals surface area (Å²) in [6.07, 6.45) is 0.791. The van der Waals surface area contributed by atoms with E-state index in [1.165, 1.54) is 0 Å². The molecule has 0 radical (unpaired) electrons. The number of rotatable bonds is 3. The lowest BCUT2D eigenvalue weighted by Crippen LogP contribution is -2.46. The topological polar surface area (TPSA) is 49.8 Å². The Morgan fingerprint density at radius 1 is 1.43 bits per heavy atom.